The number of hydrogen-bond donors (Lipinski definition) is 0. The Balaban J connectivity index is 0.978. The summed E-state index contributed by atoms with van der Waals surface area (Å²) in [5, 5.41) is 5.29. The fraction of sp³-hybridized carbons (Fsp3) is 0. The molecule has 0 aliphatic carbocycles. The van der Waals surface area contributed by atoms with Crippen molar-refractivity contribution in [3.05, 3.63) is 194 Å². The molecule has 294 valence electrons. The predicted octanol–water partition coefficient (Wildman–Crippen LogP) is 14.4. The van der Waals surface area contributed by atoms with Gasteiger partial charge < -0.3 is 8.98 Å². The third-order valence-corrected chi connectivity index (χ3v) is 13.0. The fourth-order valence-corrected chi connectivity index (χ4v) is 10.1. The van der Waals surface area contributed by atoms with Gasteiger partial charge in [0.25, 0.3) is 0 Å². The Morgan fingerprint density at radius 1 is 0.397 bits per heavy atom. The van der Waals surface area contributed by atoms with Crippen LogP contribution in [0.3, 0.4) is 0 Å². The molecule has 0 radical (unpaired) electrons. The second kappa shape index (κ2) is 14.1. The SMILES string of the molecule is c1ccc(-c2nc(-c3ccc4c(c3)c3ccccc3n4-c3ccccc3)nc(-c3cccc4oc5cc(-c6nc(-c7ccccc7)c7sc8ccccc8c7n6)ccc5c34)n2)cc1. The zero-order chi connectivity index (χ0) is 41.4. The van der Waals surface area contributed by atoms with E-state index in [1.807, 2.05) is 54.6 Å². The number of benzene rings is 8. The minimum Gasteiger partial charge on any atom is -0.456 e. The van der Waals surface area contributed by atoms with Crippen LogP contribution in [-0.4, -0.2) is 29.5 Å². The molecule has 63 heavy (non-hydrogen) atoms. The summed E-state index contributed by atoms with van der Waals surface area (Å²) in [5.41, 5.74) is 11.3. The second-order valence-electron chi connectivity index (χ2n) is 15.6. The van der Waals surface area contributed by atoms with Crippen LogP contribution in [0, 0.1) is 0 Å². The molecule has 13 aromatic rings. The van der Waals surface area contributed by atoms with Crippen molar-refractivity contribution < 1.29 is 4.42 Å². The molecule has 0 atom stereocenters. The number of para-hydroxylation sites is 2. The van der Waals surface area contributed by atoms with Crippen LogP contribution in [0.5, 0.6) is 0 Å². The van der Waals surface area contributed by atoms with Crippen LogP contribution >= 0.6 is 11.3 Å². The number of aromatic nitrogens is 6. The van der Waals surface area contributed by atoms with Crippen molar-refractivity contribution in [3.8, 4) is 62.5 Å². The Morgan fingerprint density at radius 3 is 1.86 bits per heavy atom. The van der Waals surface area contributed by atoms with Crippen LogP contribution < -0.4 is 0 Å². The van der Waals surface area contributed by atoms with Gasteiger partial charge in [-0.2, -0.15) is 0 Å². The van der Waals surface area contributed by atoms with E-state index in [1.54, 1.807) is 11.3 Å². The van der Waals surface area contributed by atoms with E-state index in [9.17, 15) is 0 Å². The predicted molar refractivity (Wildman–Crippen MR) is 257 cm³/mol. The average Bonchev–Trinajstić information content (AvgIpc) is 4.03. The highest BCUT2D eigenvalue weighted by atomic mass is 32.1. The molecular formula is C55H32N6OS. The summed E-state index contributed by atoms with van der Waals surface area (Å²) in [6.45, 7) is 0. The number of fused-ring (bicyclic) bond motifs is 9. The first-order valence-electron chi connectivity index (χ1n) is 20.8. The topological polar surface area (TPSA) is 82.5 Å². The summed E-state index contributed by atoms with van der Waals surface area (Å²) >= 11 is 1.73. The maximum absolute atomic E-state index is 6.66. The van der Waals surface area contributed by atoms with Gasteiger partial charge >= 0.3 is 0 Å². The van der Waals surface area contributed by atoms with Gasteiger partial charge in [0.2, 0.25) is 0 Å². The maximum Gasteiger partial charge on any atom is 0.164 e. The maximum atomic E-state index is 6.66. The third-order valence-electron chi connectivity index (χ3n) is 11.9. The Bertz CT molecular complexity index is 3910. The molecule has 8 aromatic carbocycles. The molecule has 0 saturated heterocycles. The van der Waals surface area contributed by atoms with Crippen LogP contribution in [0.1, 0.15) is 0 Å². The number of thiophene rings is 1. The van der Waals surface area contributed by atoms with E-state index in [0.29, 0.717) is 23.3 Å². The fourth-order valence-electron chi connectivity index (χ4n) is 8.97. The van der Waals surface area contributed by atoms with Gasteiger partial charge in [-0.15, -0.1) is 11.3 Å². The molecule has 0 fully saturated rings. The number of hydrogen-bond acceptors (Lipinski definition) is 7. The first kappa shape index (κ1) is 35.4. The molecular weight excluding hydrogens is 793 g/mol. The van der Waals surface area contributed by atoms with Crippen molar-refractivity contribution in [2.24, 2.45) is 0 Å². The van der Waals surface area contributed by atoms with Crippen molar-refractivity contribution in [2.75, 3.05) is 0 Å². The highest BCUT2D eigenvalue weighted by Crippen LogP contribution is 2.42. The summed E-state index contributed by atoms with van der Waals surface area (Å²) < 4.78 is 11.2. The quantitative estimate of drug-likeness (QED) is 0.166. The Kier molecular flexibility index (Phi) is 7.94. The van der Waals surface area contributed by atoms with E-state index < -0.39 is 0 Å². The highest BCUT2D eigenvalue weighted by molar-refractivity contribution is 7.26. The molecule has 0 N–H and O–H groups in total. The van der Waals surface area contributed by atoms with E-state index in [4.69, 9.17) is 29.3 Å². The lowest BCUT2D eigenvalue weighted by atomic mass is 10.0. The van der Waals surface area contributed by atoms with Crippen LogP contribution in [0.25, 0.3) is 127 Å². The minimum absolute atomic E-state index is 0.564. The van der Waals surface area contributed by atoms with Crippen LogP contribution in [0.15, 0.2) is 199 Å². The largest absolute Gasteiger partial charge is 0.456 e. The van der Waals surface area contributed by atoms with Gasteiger partial charge in [-0.1, -0.05) is 133 Å². The van der Waals surface area contributed by atoms with E-state index >= 15 is 0 Å². The van der Waals surface area contributed by atoms with Gasteiger partial charge in [-0.25, -0.2) is 24.9 Å². The summed E-state index contributed by atoms with van der Waals surface area (Å²) in [6, 6.07) is 66.8. The van der Waals surface area contributed by atoms with Gasteiger partial charge in [0, 0.05) is 65.1 Å². The zero-order valence-electron chi connectivity index (χ0n) is 33.5. The highest BCUT2D eigenvalue weighted by Gasteiger charge is 2.21. The summed E-state index contributed by atoms with van der Waals surface area (Å²) in [5.74, 6) is 2.39. The van der Waals surface area contributed by atoms with Gasteiger partial charge in [-0.05, 0) is 60.7 Å². The number of nitrogens with zero attached hydrogens (tertiary/aromatic N) is 6. The van der Waals surface area contributed by atoms with Crippen LogP contribution in [0.2, 0.25) is 0 Å². The minimum atomic E-state index is 0.564. The van der Waals surface area contributed by atoms with Crippen molar-refractivity contribution in [1.82, 2.24) is 29.5 Å². The van der Waals surface area contributed by atoms with E-state index in [2.05, 4.69) is 144 Å². The number of rotatable bonds is 6. The molecule has 7 nitrogen and oxygen atoms in total. The van der Waals surface area contributed by atoms with E-state index in [0.717, 1.165) is 98.5 Å². The Hall–Kier alpha value is -8.33. The smallest absolute Gasteiger partial charge is 0.164 e. The lowest BCUT2D eigenvalue weighted by Crippen LogP contribution is -2.00. The van der Waals surface area contributed by atoms with Crippen molar-refractivity contribution in [1.29, 1.82) is 0 Å². The van der Waals surface area contributed by atoms with Crippen LogP contribution in [0.4, 0.5) is 0 Å². The molecule has 0 spiro atoms. The Labute approximate surface area is 364 Å². The summed E-state index contributed by atoms with van der Waals surface area (Å²) in [6.07, 6.45) is 0. The molecule has 0 bridgehead atoms. The van der Waals surface area contributed by atoms with E-state index in [-0.39, 0.29) is 0 Å². The standard InChI is InChI=1S/C55H32N6OS/c1-4-15-33(16-5-1)49-51-50(40-22-11-13-26-47(40)63-51)57-53(56-49)36-27-29-39-46(32-36)62-45-25-14-23-41(48(39)45)55-59-52(34-17-6-2-7-18-34)58-54(60-55)35-28-30-44-42(31-35)38-21-10-12-24-43(38)61(44)37-19-8-3-9-20-37/h1-32H. The number of furan rings is 1. The Morgan fingerprint density at radius 2 is 1.03 bits per heavy atom. The summed E-state index contributed by atoms with van der Waals surface area (Å²) in [4.78, 5) is 26.0. The monoisotopic (exact) mass is 824 g/mol. The van der Waals surface area contributed by atoms with Crippen molar-refractivity contribution in [2.45, 2.75) is 0 Å². The molecule has 0 aliphatic heterocycles. The second-order valence-corrected chi connectivity index (χ2v) is 16.7. The van der Waals surface area contributed by atoms with Gasteiger partial charge in [0.1, 0.15) is 11.2 Å². The average molecular weight is 825 g/mol. The van der Waals surface area contributed by atoms with Gasteiger partial charge in [0.05, 0.1) is 26.9 Å². The first-order valence-corrected chi connectivity index (χ1v) is 21.6. The van der Waals surface area contributed by atoms with Crippen molar-refractivity contribution in [3.63, 3.8) is 0 Å². The molecule has 0 unspecified atom stereocenters. The molecule has 5 heterocycles. The van der Waals surface area contributed by atoms with Gasteiger partial charge in [0.15, 0.2) is 23.3 Å². The zero-order valence-corrected chi connectivity index (χ0v) is 34.3. The first-order chi connectivity index (χ1) is 31.2. The lowest BCUT2D eigenvalue weighted by Gasteiger charge is -2.10. The third kappa shape index (κ3) is 5.76. The van der Waals surface area contributed by atoms with Crippen molar-refractivity contribution >= 4 is 75.4 Å². The molecule has 5 aromatic heterocycles. The van der Waals surface area contributed by atoms with E-state index in [1.165, 1.54) is 4.70 Å². The molecule has 0 aliphatic rings. The van der Waals surface area contributed by atoms with Crippen LogP contribution in [-0.2, 0) is 0 Å². The molecule has 13 rings (SSSR count). The normalized spacial score (nSPS) is 11.8. The summed E-state index contributed by atoms with van der Waals surface area (Å²) in [7, 11) is 0. The molecule has 8 heteroatoms. The molecule has 0 saturated carbocycles. The molecule has 0 amide bonds. The van der Waals surface area contributed by atoms with Gasteiger partial charge in [-0.3, -0.25) is 0 Å². The lowest BCUT2D eigenvalue weighted by molar-refractivity contribution is 0.669.